The zero-order valence-corrected chi connectivity index (χ0v) is 22.4. The summed E-state index contributed by atoms with van der Waals surface area (Å²) in [5, 5.41) is 23.1. The van der Waals surface area contributed by atoms with Gasteiger partial charge in [-0.15, -0.1) is 0 Å². The van der Waals surface area contributed by atoms with Gasteiger partial charge in [0.25, 0.3) is 0 Å². The Bertz CT molecular complexity index is 1130. The van der Waals surface area contributed by atoms with E-state index in [1.54, 1.807) is 7.11 Å². The highest BCUT2D eigenvalue weighted by Gasteiger charge is 2.41. The van der Waals surface area contributed by atoms with E-state index in [1.165, 1.54) is 24.1 Å². The highest BCUT2D eigenvalue weighted by Crippen LogP contribution is 2.30. The Kier molecular flexibility index (Phi) is 9.27. The number of benzene rings is 2. The Morgan fingerprint density at radius 2 is 1.72 bits per heavy atom. The second-order valence-corrected chi connectivity index (χ2v) is 10.4. The first-order chi connectivity index (χ1) is 18.6. The molecular weight excluding hydrogens is 512 g/mol. The number of piperidine rings is 1. The molecule has 2 saturated heterocycles. The number of anilines is 1. The van der Waals surface area contributed by atoms with Crippen LogP contribution in [0.2, 0.25) is 0 Å². The smallest absolute Gasteiger partial charge is 0.248 e. The number of nitrogens with zero attached hydrogens (tertiary/aromatic N) is 3. The van der Waals surface area contributed by atoms with Gasteiger partial charge >= 0.3 is 0 Å². The number of hydrogen-bond donors (Lipinski definition) is 2. The lowest BCUT2D eigenvalue weighted by atomic mass is 9.90. The second-order valence-electron chi connectivity index (χ2n) is 10.4. The fourth-order valence-electron chi connectivity index (χ4n) is 5.27. The fourth-order valence-corrected chi connectivity index (χ4v) is 5.27. The van der Waals surface area contributed by atoms with Crippen molar-refractivity contribution < 1.29 is 38.0 Å². The highest BCUT2D eigenvalue weighted by atomic mass is 19.2. The summed E-state index contributed by atoms with van der Waals surface area (Å²) in [6, 6.07) is 11.4. The van der Waals surface area contributed by atoms with Gasteiger partial charge < -0.3 is 34.2 Å². The van der Waals surface area contributed by atoms with Gasteiger partial charge in [0, 0.05) is 58.1 Å². The third kappa shape index (κ3) is 7.36. The Morgan fingerprint density at radius 3 is 2.44 bits per heavy atom. The van der Waals surface area contributed by atoms with E-state index in [2.05, 4.69) is 4.90 Å². The number of β-amino-alcohol motifs (C(OH)–C–C–N with tert-alkyl or cyclic N) is 2. The normalized spacial score (nSPS) is 21.9. The minimum absolute atomic E-state index is 0.0720. The third-order valence-electron chi connectivity index (χ3n) is 7.35. The van der Waals surface area contributed by atoms with E-state index in [-0.39, 0.29) is 44.5 Å². The summed E-state index contributed by atoms with van der Waals surface area (Å²) in [6.07, 6.45) is 1.02. The third-order valence-corrected chi connectivity index (χ3v) is 7.35. The minimum atomic E-state index is -1.60. The van der Waals surface area contributed by atoms with Crippen molar-refractivity contribution >= 4 is 11.6 Å². The van der Waals surface area contributed by atoms with E-state index < -0.39 is 22.8 Å². The molecule has 0 spiro atoms. The lowest BCUT2D eigenvalue weighted by Crippen LogP contribution is -2.56. The molecule has 2 aliphatic rings. The van der Waals surface area contributed by atoms with Gasteiger partial charge in [0.2, 0.25) is 11.7 Å². The van der Waals surface area contributed by atoms with Crippen molar-refractivity contribution in [2.24, 2.45) is 0 Å². The second kappa shape index (κ2) is 12.5. The van der Waals surface area contributed by atoms with Gasteiger partial charge in [-0.05, 0) is 37.1 Å². The minimum Gasteiger partial charge on any atom is -0.497 e. The maximum Gasteiger partial charge on any atom is 0.248 e. The Hall–Kier alpha value is -2.99. The van der Waals surface area contributed by atoms with Crippen molar-refractivity contribution in [2.45, 2.75) is 24.0 Å². The van der Waals surface area contributed by atoms with E-state index in [1.807, 2.05) is 29.2 Å². The van der Waals surface area contributed by atoms with Crippen LogP contribution >= 0.6 is 0 Å². The van der Waals surface area contributed by atoms with Crippen molar-refractivity contribution in [2.75, 3.05) is 78.1 Å². The number of halogens is 2. The Balaban J connectivity index is 1.44. The van der Waals surface area contributed by atoms with Gasteiger partial charge in [-0.25, -0.2) is 4.39 Å². The summed E-state index contributed by atoms with van der Waals surface area (Å²) in [5.41, 5.74) is -1.58. The van der Waals surface area contributed by atoms with Gasteiger partial charge in [-0.3, -0.25) is 9.69 Å². The molecule has 0 unspecified atom stereocenters. The number of ether oxygens (including phenoxy) is 3. The molecule has 0 aliphatic carbocycles. The maximum absolute atomic E-state index is 14.2. The maximum atomic E-state index is 14.2. The van der Waals surface area contributed by atoms with Crippen LogP contribution in [-0.2, 0) is 9.53 Å². The summed E-state index contributed by atoms with van der Waals surface area (Å²) in [5.74, 6) is -2.06. The van der Waals surface area contributed by atoms with E-state index in [4.69, 9.17) is 14.2 Å². The standard InChI is InChI=1S/C28H37F2N3O6/c1-37-16-25(34)33-14-13-31(18-28(36,19-33)20-39-24-8-4-7-23(29)26(24)30)17-27(35)9-11-32(12-10-27)21-5-3-6-22(15-21)38-2/h3-8,15,35-36H,9-14,16-20H2,1-2H3/t28-/m0/s1. The van der Waals surface area contributed by atoms with Crippen molar-refractivity contribution in [1.29, 1.82) is 0 Å². The van der Waals surface area contributed by atoms with Crippen LogP contribution in [0.3, 0.4) is 0 Å². The highest BCUT2D eigenvalue weighted by molar-refractivity contribution is 5.77. The molecule has 39 heavy (non-hydrogen) atoms. The summed E-state index contributed by atoms with van der Waals surface area (Å²) in [4.78, 5) is 18.2. The number of hydrogen-bond acceptors (Lipinski definition) is 8. The predicted molar refractivity (Wildman–Crippen MR) is 141 cm³/mol. The predicted octanol–water partition coefficient (Wildman–Crippen LogP) is 1.91. The molecule has 214 valence electrons. The quantitative estimate of drug-likeness (QED) is 0.490. The number of carbonyl (C=O) groups excluding carboxylic acids is 1. The lowest BCUT2D eigenvalue weighted by Gasteiger charge is -2.42. The van der Waals surface area contributed by atoms with Gasteiger partial charge in [0.1, 0.15) is 24.6 Å². The molecule has 2 heterocycles. The molecule has 11 heteroatoms. The first-order valence-electron chi connectivity index (χ1n) is 13.0. The largest absolute Gasteiger partial charge is 0.497 e. The molecular formula is C28H37F2N3O6. The van der Waals surface area contributed by atoms with Gasteiger partial charge in [-0.2, -0.15) is 4.39 Å². The number of amides is 1. The molecule has 1 atom stereocenters. The number of rotatable bonds is 9. The molecule has 0 aromatic heterocycles. The first-order valence-corrected chi connectivity index (χ1v) is 13.0. The summed E-state index contributed by atoms with van der Waals surface area (Å²) in [7, 11) is 3.04. The monoisotopic (exact) mass is 549 g/mol. The Morgan fingerprint density at radius 1 is 0.974 bits per heavy atom. The van der Waals surface area contributed by atoms with Crippen molar-refractivity contribution in [1.82, 2.24) is 9.80 Å². The number of carbonyl (C=O) groups is 1. The molecule has 2 aliphatic heterocycles. The van der Waals surface area contributed by atoms with Crippen molar-refractivity contribution in [3.05, 3.63) is 54.1 Å². The average molecular weight is 550 g/mol. The molecule has 9 nitrogen and oxygen atoms in total. The number of aliphatic hydroxyl groups is 2. The molecule has 4 rings (SSSR count). The van der Waals surface area contributed by atoms with E-state index >= 15 is 0 Å². The molecule has 0 saturated carbocycles. The zero-order valence-electron chi connectivity index (χ0n) is 22.4. The van der Waals surface area contributed by atoms with Crippen LogP contribution < -0.4 is 14.4 Å². The molecule has 1 amide bonds. The van der Waals surface area contributed by atoms with Gasteiger partial charge in [0.05, 0.1) is 19.3 Å². The topological polar surface area (TPSA) is 94.9 Å². The summed E-state index contributed by atoms with van der Waals surface area (Å²) >= 11 is 0. The van der Waals surface area contributed by atoms with Crippen LogP contribution in [0.25, 0.3) is 0 Å². The van der Waals surface area contributed by atoms with Crippen molar-refractivity contribution in [3.8, 4) is 11.5 Å². The number of methoxy groups -OCH3 is 2. The molecule has 0 radical (unpaired) electrons. The van der Waals surface area contributed by atoms with Crippen molar-refractivity contribution in [3.63, 3.8) is 0 Å². The zero-order chi connectivity index (χ0) is 28.0. The molecule has 2 aromatic rings. The van der Waals surface area contributed by atoms with E-state index in [0.717, 1.165) is 17.5 Å². The molecule has 0 bridgehead atoms. The summed E-state index contributed by atoms with van der Waals surface area (Å²) < 4.78 is 43.7. The van der Waals surface area contributed by atoms with Gasteiger partial charge in [0.15, 0.2) is 11.6 Å². The van der Waals surface area contributed by atoms with Gasteiger partial charge in [-0.1, -0.05) is 12.1 Å². The first kappa shape index (κ1) is 29.0. The molecule has 2 N–H and O–H groups in total. The SMILES string of the molecule is COCC(=O)N1CCN(CC2(O)CCN(c3cccc(OC)c3)CC2)C[C@@](O)(COc2cccc(F)c2F)C1. The van der Waals surface area contributed by atoms with Crippen LogP contribution in [0.5, 0.6) is 11.5 Å². The lowest BCUT2D eigenvalue weighted by molar-refractivity contribution is -0.138. The van der Waals surface area contributed by atoms with E-state index in [9.17, 15) is 23.8 Å². The van der Waals surface area contributed by atoms with E-state index in [0.29, 0.717) is 39.0 Å². The molecule has 2 fully saturated rings. The van der Waals surface area contributed by atoms with Crippen LogP contribution in [0.15, 0.2) is 42.5 Å². The summed E-state index contributed by atoms with van der Waals surface area (Å²) in [6.45, 7) is 1.75. The fraction of sp³-hybridized carbons (Fsp3) is 0.536. The Labute approximate surface area is 227 Å². The van der Waals surface area contributed by atoms with Crippen LogP contribution in [0.4, 0.5) is 14.5 Å². The molecule has 2 aromatic carbocycles. The average Bonchev–Trinajstić information content (AvgIpc) is 3.08. The van der Waals surface area contributed by atoms with Crippen LogP contribution in [0.1, 0.15) is 12.8 Å². The van der Waals surface area contributed by atoms with Crippen LogP contribution in [-0.4, -0.2) is 110 Å². The van der Waals surface area contributed by atoms with Crippen LogP contribution in [0, 0.1) is 11.6 Å².